The Balaban J connectivity index is 2.07. The Hall–Kier alpha value is -1.61. The highest BCUT2D eigenvalue weighted by atomic mass is 16.3. The number of nitrogens with zero attached hydrogens (tertiary/aromatic N) is 1. The van der Waals surface area contributed by atoms with E-state index in [9.17, 15) is 0 Å². The van der Waals surface area contributed by atoms with E-state index in [4.69, 9.17) is 4.42 Å². The Bertz CT molecular complexity index is 448. The number of aromatic nitrogens is 1. The molecular weight excluding hydrogens is 224 g/mol. The predicted octanol–water partition coefficient (Wildman–Crippen LogP) is 3.27. The van der Waals surface area contributed by atoms with E-state index in [1.807, 2.05) is 18.5 Å². The lowest BCUT2D eigenvalue weighted by Crippen LogP contribution is -2.24. The maximum Gasteiger partial charge on any atom is 0.0950 e. The minimum absolute atomic E-state index is 0.277. The van der Waals surface area contributed by atoms with Gasteiger partial charge in [0, 0.05) is 29.9 Å². The molecule has 1 unspecified atom stereocenters. The Labute approximate surface area is 108 Å². The first-order valence-corrected chi connectivity index (χ1v) is 6.46. The summed E-state index contributed by atoms with van der Waals surface area (Å²) < 4.78 is 5.17. The van der Waals surface area contributed by atoms with Crippen LogP contribution in [0.4, 0.5) is 0 Å². The maximum absolute atomic E-state index is 5.17. The fraction of sp³-hybridized carbons (Fsp3) is 0.400. The van der Waals surface area contributed by atoms with Crippen molar-refractivity contribution in [1.82, 2.24) is 10.3 Å². The van der Waals surface area contributed by atoms with E-state index in [1.165, 1.54) is 11.1 Å². The van der Waals surface area contributed by atoms with E-state index in [2.05, 4.69) is 36.3 Å². The van der Waals surface area contributed by atoms with Crippen LogP contribution in [0.25, 0.3) is 0 Å². The molecule has 3 nitrogen and oxygen atoms in total. The Morgan fingerprint density at radius 1 is 1.33 bits per heavy atom. The van der Waals surface area contributed by atoms with Gasteiger partial charge in [0.25, 0.3) is 0 Å². The lowest BCUT2D eigenvalue weighted by molar-refractivity contribution is 0.508. The van der Waals surface area contributed by atoms with Gasteiger partial charge >= 0.3 is 0 Å². The van der Waals surface area contributed by atoms with Crippen LogP contribution < -0.4 is 5.32 Å². The molecule has 96 valence electrons. The summed E-state index contributed by atoms with van der Waals surface area (Å²) in [4.78, 5) is 4.47. The van der Waals surface area contributed by atoms with Crippen LogP contribution in [0.5, 0.6) is 0 Å². The topological polar surface area (TPSA) is 38.1 Å². The monoisotopic (exact) mass is 244 g/mol. The molecule has 0 bridgehead atoms. The van der Waals surface area contributed by atoms with Crippen molar-refractivity contribution >= 4 is 0 Å². The number of nitrogens with one attached hydrogen (secondary N) is 1. The number of hydrogen-bond acceptors (Lipinski definition) is 3. The first-order chi connectivity index (χ1) is 8.79. The molecule has 2 rings (SSSR count). The highest BCUT2D eigenvalue weighted by Crippen LogP contribution is 2.18. The summed E-state index contributed by atoms with van der Waals surface area (Å²) in [5.41, 5.74) is 3.49. The average Bonchev–Trinajstić information content (AvgIpc) is 2.90. The van der Waals surface area contributed by atoms with E-state index >= 15 is 0 Å². The molecule has 0 aliphatic heterocycles. The first kappa shape index (κ1) is 12.8. The van der Waals surface area contributed by atoms with Gasteiger partial charge in [0.05, 0.1) is 12.5 Å². The van der Waals surface area contributed by atoms with Crippen molar-refractivity contribution in [2.45, 2.75) is 32.7 Å². The fourth-order valence-electron chi connectivity index (χ4n) is 1.93. The molecule has 18 heavy (non-hydrogen) atoms. The molecule has 2 heterocycles. The molecule has 0 amide bonds. The summed E-state index contributed by atoms with van der Waals surface area (Å²) in [6.45, 7) is 5.23. The molecule has 2 aromatic rings. The minimum Gasteiger partial charge on any atom is -0.472 e. The molecule has 0 spiro atoms. The van der Waals surface area contributed by atoms with Crippen molar-refractivity contribution in [2.24, 2.45) is 0 Å². The molecule has 0 saturated carbocycles. The molecule has 1 N–H and O–H groups in total. The van der Waals surface area contributed by atoms with E-state index < -0.39 is 0 Å². The lowest BCUT2D eigenvalue weighted by Gasteiger charge is -2.16. The molecule has 0 saturated heterocycles. The summed E-state index contributed by atoms with van der Waals surface area (Å²) in [7, 11) is 0. The summed E-state index contributed by atoms with van der Waals surface area (Å²) in [6, 6.07) is 6.49. The van der Waals surface area contributed by atoms with Crippen LogP contribution in [0, 0.1) is 6.92 Å². The van der Waals surface area contributed by atoms with Gasteiger partial charge in [-0.2, -0.15) is 0 Å². The number of hydrogen-bond donors (Lipinski definition) is 1. The normalized spacial score (nSPS) is 12.6. The Morgan fingerprint density at radius 3 is 2.83 bits per heavy atom. The average molecular weight is 244 g/mol. The number of aryl methyl sites for hydroxylation is 1. The molecule has 0 radical (unpaired) electrons. The zero-order chi connectivity index (χ0) is 12.8. The molecule has 1 atom stereocenters. The van der Waals surface area contributed by atoms with Crippen molar-refractivity contribution in [1.29, 1.82) is 0 Å². The second kappa shape index (κ2) is 6.36. The van der Waals surface area contributed by atoms with Crippen molar-refractivity contribution in [3.63, 3.8) is 0 Å². The molecular formula is C15H20N2O. The van der Waals surface area contributed by atoms with Crippen LogP contribution >= 0.6 is 0 Å². The van der Waals surface area contributed by atoms with Crippen molar-refractivity contribution in [2.75, 3.05) is 6.54 Å². The predicted molar refractivity (Wildman–Crippen MR) is 72.4 cm³/mol. The first-order valence-electron chi connectivity index (χ1n) is 6.46. The van der Waals surface area contributed by atoms with Gasteiger partial charge in [0.2, 0.25) is 0 Å². The van der Waals surface area contributed by atoms with Gasteiger partial charge in [-0.1, -0.05) is 13.0 Å². The van der Waals surface area contributed by atoms with Gasteiger partial charge in [-0.15, -0.1) is 0 Å². The SMILES string of the molecule is CCCNC(Cc1ccc(C)cn1)c1ccoc1. The number of furan rings is 1. The van der Waals surface area contributed by atoms with Crippen LogP contribution in [0.1, 0.15) is 36.2 Å². The molecule has 3 heteroatoms. The second-order valence-corrected chi connectivity index (χ2v) is 4.59. The van der Waals surface area contributed by atoms with Crippen LogP contribution in [0.2, 0.25) is 0 Å². The quantitative estimate of drug-likeness (QED) is 0.847. The van der Waals surface area contributed by atoms with E-state index in [1.54, 1.807) is 6.26 Å². The molecule has 0 fully saturated rings. The van der Waals surface area contributed by atoms with Crippen LogP contribution in [0.3, 0.4) is 0 Å². The van der Waals surface area contributed by atoms with E-state index in [0.29, 0.717) is 0 Å². The van der Waals surface area contributed by atoms with Crippen molar-refractivity contribution in [3.8, 4) is 0 Å². The Morgan fingerprint density at radius 2 is 2.22 bits per heavy atom. The summed E-state index contributed by atoms with van der Waals surface area (Å²) in [5, 5.41) is 3.53. The third-order valence-electron chi connectivity index (χ3n) is 2.97. The third kappa shape index (κ3) is 3.44. The molecule has 0 aliphatic carbocycles. The van der Waals surface area contributed by atoms with Crippen LogP contribution in [-0.2, 0) is 6.42 Å². The largest absolute Gasteiger partial charge is 0.472 e. The number of rotatable bonds is 6. The van der Waals surface area contributed by atoms with Crippen molar-refractivity contribution < 1.29 is 4.42 Å². The summed E-state index contributed by atoms with van der Waals surface area (Å²) >= 11 is 0. The van der Waals surface area contributed by atoms with Gasteiger partial charge in [0.15, 0.2) is 0 Å². The van der Waals surface area contributed by atoms with Crippen LogP contribution in [-0.4, -0.2) is 11.5 Å². The summed E-state index contributed by atoms with van der Waals surface area (Å²) in [5.74, 6) is 0. The molecule has 2 aromatic heterocycles. The van der Waals surface area contributed by atoms with Gasteiger partial charge in [-0.3, -0.25) is 4.98 Å². The van der Waals surface area contributed by atoms with Gasteiger partial charge in [0.1, 0.15) is 0 Å². The van der Waals surface area contributed by atoms with E-state index in [-0.39, 0.29) is 6.04 Å². The van der Waals surface area contributed by atoms with Gasteiger partial charge in [-0.25, -0.2) is 0 Å². The zero-order valence-corrected chi connectivity index (χ0v) is 11.0. The third-order valence-corrected chi connectivity index (χ3v) is 2.97. The van der Waals surface area contributed by atoms with Gasteiger partial charge < -0.3 is 9.73 Å². The van der Waals surface area contributed by atoms with Crippen LogP contribution in [0.15, 0.2) is 41.3 Å². The van der Waals surface area contributed by atoms with Crippen molar-refractivity contribution in [3.05, 3.63) is 53.7 Å². The second-order valence-electron chi connectivity index (χ2n) is 4.59. The van der Waals surface area contributed by atoms with E-state index in [0.717, 1.165) is 25.1 Å². The summed E-state index contributed by atoms with van der Waals surface area (Å²) in [6.07, 6.45) is 7.46. The minimum atomic E-state index is 0.277. The standard InChI is InChI=1S/C15H20N2O/c1-3-7-16-15(13-6-8-18-11-13)9-14-5-4-12(2)10-17-14/h4-6,8,10-11,15-16H,3,7,9H2,1-2H3. The molecule has 0 aromatic carbocycles. The fourth-order valence-corrected chi connectivity index (χ4v) is 1.93. The smallest absolute Gasteiger partial charge is 0.0950 e. The number of pyridine rings is 1. The molecule has 0 aliphatic rings. The Kier molecular flexibility index (Phi) is 4.53. The lowest BCUT2D eigenvalue weighted by atomic mass is 10.0. The highest BCUT2D eigenvalue weighted by molar-refractivity contribution is 5.18. The highest BCUT2D eigenvalue weighted by Gasteiger charge is 2.13. The maximum atomic E-state index is 5.17. The zero-order valence-electron chi connectivity index (χ0n) is 11.0. The van der Waals surface area contributed by atoms with Gasteiger partial charge in [-0.05, 0) is 37.6 Å².